The first-order chi connectivity index (χ1) is 21.9. The predicted molar refractivity (Wildman–Crippen MR) is 171 cm³/mol. The van der Waals surface area contributed by atoms with Crippen LogP contribution in [0.25, 0.3) is 33.2 Å². The predicted octanol–water partition coefficient (Wildman–Crippen LogP) is 4.58. The number of methoxy groups -OCH3 is 1. The summed E-state index contributed by atoms with van der Waals surface area (Å²) in [5, 5.41) is 4.16. The molecule has 6 rings (SSSR count). The lowest BCUT2D eigenvalue weighted by Gasteiger charge is -2.31. The topological polar surface area (TPSA) is 151 Å². The van der Waals surface area contributed by atoms with Crippen molar-refractivity contribution in [2.75, 3.05) is 39.1 Å². The number of morpholine rings is 1. The maximum atomic E-state index is 16.7. The largest absolute Gasteiger partial charge is 0.481 e. The number of anilines is 1. The third kappa shape index (κ3) is 5.72. The van der Waals surface area contributed by atoms with Crippen LogP contribution < -0.4 is 15.6 Å². The average Bonchev–Trinajstić information content (AvgIpc) is 3.03. The minimum atomic E-state index is -4.50. The van der Waals surface area contributed by atoms with Crippen molar-refractivity contribution in [3.05, 3.63) is 95.5 Å². The third-order valence-electron chi connectivity index (χ3n) is 8.23. The number of hydrogen-bond donors (Lipinski definition) is 2. The van der Waals surface area contributed by atoms with Gasteiger partial charge in [0.25, 0.3) is 5.91 Å². The van der Waals surface area contributed by atoms with Gasteiger partial charge in [0, 0.05) is 40.9 Å². The van der Waals surface area contributed by atoms with Crippen LogP contribution in [0, 0.1) is 6.92 Å². The fourth-order valence-corrected chi connectivity index (χ4v) is 6.84. The van der Waals surface area contributed by atoms with E-state index in [0.717, 1.165) is 17.7 Å². The van der Waals surface area contributed by atoms with Gasteiger partial charge in [0.05, 0.1) is 31.4 Å². The number of pyridine rings is 2. The van der Waals surface area contributed by atoms with Gasteiger partial charge in [-0.25, -0.2) is 32.3 Å². The molecular formula is C33H31F2N5O5S. The van der Waals surface area contributed by atoms with Crippen LogP contribution in [0.5, 0.6) is 5.88 Å². The molecule has 1 amide bonds. The minimum absolute atomic E-state index is 0.0696. The Hall–Kier alpha value is -4.72. The molecule has 1 aliphatic carbocycles. The first-order valence-corrected chi connectivity index (χ1v) is 16.0. The Morgan fingerprint density at radius 1 is 1.04 bits per heavy atom. The van der Waals surface area contributed by atoms with Crippen molar-refractivity contribution >= 4 is 32.7 Å². The molecule has 238 valence electrons. The minimum Gasteiger partial charge on any atom is -0.481 e. The van der Waals surface area contributed by atoms with E-state index >= 15 is 4.39 Å². The van der Waals surface area contributed by atoms with E-state index in [9.17, 15) is 17.6 Å². The van der Waals surface area contributed by atoms with Crippen LogP contribution in [0.2, 0.25) is 0 Å². The first-order valence-electron chi connectivity index (χ1n) is 14.4. The first kappa shape index (κ1) is 31.3. The molecule has 2 aromatic heterocycles. The summed E-state index contributed by atoms with van der Waals surface area (Å²) in [6.45, 7) is 3.79. The Bertz CT molecular complexity index is 2030. The molecule has 46 heavy (non-hydrogen) atoms. The number of nitrogens with zero attached hydrogens (tertiary/aromatic N) is 3. The van der Waals surface area contributed by atoms with Crippen molar-refractivity contribution in [3.63, 3.8) is 0 Å². The Morgan fingerprint density at radius 2 is 1.74 bits per heavy atom. The third-order valence-corrected chi connectivity index (χ3v) is 9.43. The Labute approximate surface area is 264 Å². The van der Waals surface area contributed by atoms with Crippen LogP contribution in [-0.2, 0) is 20.4 Å². The maximum Gasteiger partial charge on any atom is 0.254 e. The Morgan fingerprint density at radius 3 is 2.41 bits per heavy atom. The van der Waals surface area contributed by atoms with Gasteiger partial charge in [-0.05, 0) is 66.6 Å². The fourth-order valence-electron chi connectivity index (χ4n) is 5.87. The second-order valence-corrected chi connectivity index (χ2v) is 12.8. The lowest BCUT2D eigenvalue weighted by atomic mass is 9.86. The van der Waals surface area contributed by atoms with Crippen LogP contribution in [-0.4, -0.2) is 67.9 Å². The second-order valence-electron chi connectivity index (χ2n) is 11.2. The van der Waals surface area contributed by atoms with Gasteiger partial charge < -0.3 is 20.1 Å². The normalized spacial score (nSPS) is 20.1. The van der Waals surface area contributed by atoms with Crippen LogP contribution >= 0.6 is 0 Å². The summed E-state index contributed by atoms with van der Waals surface area (Å²) >= 11 is 0. The zero-order valence-corrected chi connectivity index (χ0v) is 25.9. The fraction of sp³-hybridized carbons (Fsp3) is 0.242. The number of carbonyl (C=O) groups is 1. The zero-order chi connectivity index (χ0) is 32.8. The molecule has 0 saturated carbocycles. The van der Waals surface area contributed by atoms with E-state index in [4.69, 9.17) is 20.3 Å². The number of ether oxygens (including phenoxy) is 2. The van der Waals surface area contributed by atoms with Crippen LogP contribution in [0.1, 0.15) is 21.6 Å². The van der Waals surface area contributed by atoms with Crippen molar-refractivity contribution in [1.29, 1.82) is 0 Å². The molecule has 3 heterocycles. The van der Waals surface area contributed by atoms with Crippen molar-refractivity contribution in [2.24, 2.45) is 5.14 Å². The number of amides is 1. The molecule has 2 atom stereocenters. The molecule has 13 heteroatoms. The highest BCUT2D eigenvalue weighted by Gasteiger charge is 2.49. The summed E-state index contributed by atoms with van der Waals surface area (Å²) in [7, 11) is -3.24. The highest BCUT2D eigenvalue weighted by atomic mass is 32.2. The smallest absolute Gasteiger partial charge is 0.254 e. The Kier molecular flexibility index (Phi) is 8.09. The van der Waals surface area contributed by atoms with Crippen molar-refractivity contribution in [3.8, 4) is 28.1 Å². The zero-order valence-electron chi connectivity index (χ0n) is 25.0. The molecule has 2 unspecified atom stereocenters. The van der Waals surface area contributed by atoms with Gasteiger partial charge in [0.1, 0.15) is 16.9 Å². The maximum absolute atomic E-state index is 16.7. The highest BCUT2D eigenvalue weighted by molar-refractivity contribution is 7.90. The molecular weight excluding hydrogens is 616 g/mol. The molecule has 4 aromatic rings. The quantitative estimate of drug-likeness (QED) is 0.309. The van der Waals surface area contributed by atoms with Gasteiger partial charge in [-0.15, -0.1) is 0 Å². The molecule has 1 aliphatic heterocycles. The van der Waals surface area contributed by atoms with E-state index in [1.165, 1.54) is 13.2 Å². The summed E-state index contributed by atoms with van der Waals surface area (Å²) in [6, 6.07) is 15.7. The summed E-state index contributed by atoms with van der Waals surface area (Å²) in [4.78, 5) is 23.6. The molecule has 0 spiro atoms. The van der Waals surface area contributed by atoms with Crippen molar-refractivity contribution in [2.45, 2.75) is 17.8 Å². The number of carbonyl (C=O) groups excluding carboxylic acids is 1. The number of benzene rings is 2. The number of fused-ring (bicyclic) bond motifs is 1. The molecule has 1 fully saturated rings. The summed E-state index contributed by atoms with van der Waals surface area (Å²) < 4.78 is 66.5. The lowest BCUT2D eigenvalue weighted by molar-refractivity contribution is 0.0303. The number of rotatable bonds is 6. The van der Waals surface area contributed by atoms with Gasteiger partial charge in [-0.2, -0.15) is 0 Å². The standard InChI is InChI=1S/C33H31F2N5O5S/c1-19-25(17-27(31(38-19)44-2)33(35)18-24(34)8-10-29(33)46(37,42)43)22-7-9-28-23(15-22)16-26(30(36)39-28)20-3-5-21(6-4-20)32(41)40-11-13-45-14-12-40/h3-10,15-18,29H,11-14H2,1-2H3,(H2,36,39)(H2,37,42,43). The number of nitrogens with two attached hydrogens (primary N) is 2. The highest BCUT2D eigenvalue weighted by Crippen LogP contribution is 2.45. The molecule has 2 aliphatic rings. The van der Waals surface area contributed by atoms with E-state index in [-0.39, 0.29) is 17.4 Å². The van der Waals surface area contributed by atoms with Crippen LogP contribution in [0.3, 0.4) is 0 Å². The number of aromatic nitrogens is 2. The van der Waals surface area contributed by atoms with E-state index in [1.807, 2.05) is 24.3 Å². The monoisotopic (exact) mass is 647 g/mol. The second kappa shape index (κ2) is 11.9. The van der Waals surface area contributed by atoms with Crippen molar-refractivity contribution in [1.82, 2.24) is 14.9 Å². The molecule has 2 aromatic carbocycles. The SMILES string of the molecule is COc1nc(C)c(-c2ccc3nc(N)c(-c4ccc(C(=O)N5CCOCC5)cc4)cc3c2)cc1C1(F)C=C(F)C=CC1S(N)(=O)=O. The summed E-state index contributed by atoms with van der Waals surface area (Å²) in [5.74, 6) is -0.943. The van der Waals surface area contributed by atoms with Gasteiger partial charge in [0.2, 0.25) is 15.9 Å². The average molecular weight is 648 g/mol. The van der Waals surface area contributed by atoms with E-state index in [2.05, 4.69) is 9.97 Å². The van der Waals surface area contributed by atoms with Crippen molar-refractivity contribution < 1.29 is 31.5 Å². The number of allylic oxidation sites excluding steroid dienone is 3. The number of primary sulfonamides is 1. The van der Waals surface area contributed by atoms with Gasteiger partial charge in [-0.3, -0.25) is 4.79 Å². The van der Waals surface area contributed by atoms with Gasteiger partial charge in [0.15, 0.2) is 5.67 Å². The number of aryl methyl sites for hydroxylation is 1. The summed E-state index contributed by atoms with van der Waals surface area (Å²) in [5.41, 5.74) is 7.23. The van der Waals surface area contributed by atoms with E-state index in [0.29, 0.717) is 77.0 Å². The molecule has 1 saturated heterocycles. The molecule has 0 bridgehead atoms. The number of alkyl halides is 1. The number of sulfonamides is 1. The Balaban J connectivity index is 1.40. The lowest BCUT2D eigenvalue weighted by Crippen LogP contribution is -2.43. The van der Waals surface area contributed by atoms with Gasteiger partial charge >= 0.3 is 0 Å². The summed E-state index contributed by atoms with van der Waals surface area (Å²) in [6.07, 6.45) is 2.30. The molecule has 4 N–H and O–H groups in total. The molecule has 0 radical (unpaired) electrons. The van der Waals surface area contributed by atoms with E-state index in [1.54, 1.807) is 36.1 Å². The molecule has 10 nitrogen and oxygen atoms in total. The van der Waals surface area contributed by atoms with Crippen LogP contribution in [0.15, 0.2) is 78.7 Å². The number of halogens is 2. The van der Waals surface area contributed by atoms with Crippen LogP contribution in [0.4, 0.5) is 14.6 Å². The number of nitrogen functional groups attached to an aromatic ring is 1. The van der Waals surface area contributed by atoms with Gasteiger partial charge in [-0.1, -0.05) is 24.3 Å². The number of hydrogen-bond acceptors (Lipinski definition) is 8. The van der Waals surface area contributed by atoms with E-state index < -0.39 is 26.8 Å².